The highest BCUT2D eigenvalue weighted by Gasteiger charge is 2.12. The van der Waals surface area contributed by atoms with Crippen LogP contribution in [0.2, 0.25) is 0 Å². The van der Waals surface area contributed by atoms with Crippen LogP contribution < -0.4 is 5.48 Å². The van der Waals surface area contributed by atoms with Gasteiger partial charge in [0.1, 0.15) is 5.71 Å². The third-order valence-corrected chi connectivity index (χ3v) is 1.09. The first-order valence-electron chi connectivity index (χ1n) is 3.27. The van der Waals surface area contributed by atoms with Gasteiger partial charge in [0.15, 0.2) is 0 Å². The number of rotatable bonds is 3. The molecule has 0 saturated carbocycles. The third-order valence-electron chi connectivity index (χ3n) is 1.09. The van der Waals surface area contributed by atoms with Gasteiger partial charge in [0, 0.05) is 6.42 Å². The summed E-state index contributed by atoms with van der Waals surface area (Å²) in [7, 11) is 0. The largest absolute Gasteiger partial charge is 0.410 e. The van der Waals surface area contributed by atoms with E-state index < -0.39 is 5.91 Å². The van der Waals surface area contributed by atoms with E-state index >= 15 is 0 Å². The van der Waals surface area contributed by atoms with Crippen LogP contribution in [0, 0.1) is 5.92 Å². The number of amides is 1. The predicted molar refractivity (Wildman–Crippen MR) is 38.6 cm³/mol. The van der Waals surface area contributed by atoms with Crippen molar-refractivity contribution in [3.8, 4) is 0 Å². The summed E-state index contributed by atoms with van der Waals surface area (Å²) in [6.45, 7) is 3.74. The van der Waals surface area contributed by atoms with Crippen molar-refractivity contribution < 1.29 is 15.2 Å². The van der Waals surface area contributed by atoms with E-state index in [2.05, 4.69) is 5.16 Å². The van der Waals surface area contributed by atoms with E-state index in [1.165, 1.54) is 5.48 Å². The van der Waals surface area contributed by atoms with Crippen molar-refractivity contribution in [2.45, 2.75) is 20.3 Å². The lowest BCUT2D eigenvalue weighted by Gasteiger charge is -2.03. The lowest BCUT2D eigenvalue weighted by atomic mass is 10.1. The summed E-state index contributed by atoms with van der Waals surface area (Å²) in [5.41, 5.74) is 1.32. The highest BCUT2D eigenvalue weighted by atomic mass is 16.5. The molecule has 0 fully saturated rings. The number of carbonyl (C=O) groups is 1. The molecule has 0 spiro atoms. The van der Waals surface area contributed by atoms with Gasteiger partial charge in [-0.3, -0.25) is 10.0 Å². The Labute approximate surface area is 64.7 Å². The smallest absolute Gasteiger partial charge is 0.292 e. The van der Waals surface area contributed by atoms with Crippen molar-refractivity contribution in [1.82, 2.24) is 5.48 Å². The van der Waals surface area contributed by atoms with Gasteiger partial charge in [0.05, 0.1) is 0 Å². The van der Waals surface area contributed by atoms with Crippen molar-refractivity contribution in [2.75, 3.05) is 0 Å². The third kappa shape index (κ3) is 3.57. The molecule has 0 aromatic heterocycles. The van der Waals surface area contributed by atoms with E-state index in [4.69, 9.17) is 10.4 Å². The molecule has 0 aliphatic rings. The summed E-state index contributed by atoms with van der Waals surface area (Å²) in [5, 5.41) is 19.2. The number of hydrogen-bond acceptors (Lipinski definition) is 4. The molecule has 5 nitrogen and oxygen atoms in total. The van der Waals surface area contributed by atoms with Gasteiger partial charge < -0.3 is 5.21 Å². The Kier molecular flexibility index (Phi) is 4.21. The average molecular weight is 160 g/mol. The Hall–Kier alpha value is -1.10. The van der Waals surface area contributed by atoms with Crippen LogP contribution in [-0.4, -0.2) is 22.0 Å². The van der Waals surface area contributed by atoms with Crippen LogP contribution in [0.15, 0.2) is 5.16 Å². The van der Waals surface area contributed by atoms with Crippen LogP contribution >= 0.6 is 0 Å². The Bertz CT molecular complexity index is 165. The minimum Gasteiger partial charge on any atom is -0.410 e. The van der Waals surface area contributed by atoms with Crippen LogP contribution in [0.1, 0.15) is 20.3 Å². The summed E-state index contributed by atoms with van der Waals surface area (Å²) in [4.78, 5) is 10.6. The molecule has 0 radical (unpaired) electrons. The second-order valence-corrected chi connectivity index (χ2v) is 2.59. The van der Waals surface area contributed by atoms with Crippen molar-refractivity contribution in [2.24, 2.45) is 11.1 Å². The molecule has 0 rings (SSSR count). The summed E-state index contributed by atoms with van der Waals surface area (Å²) < 4.78 is 0. The van der Waals surface area contributed by atoms with E-state index in [-0.39, 0.29) is 11.6 Å². The topological polar surface area (TPSA) is 81.9 Å². The van der Waals surface area contributed by atoms with E-state index in [1.54, 1.807) is 0 Å². The fourth-order valence-electron chi connectivity index (χ4n) is 0.630. The molecule has 0 saturated heterocycles. The minimum atomic E-state index is -0.763. The Morgan fingerprint density at radius 2 is 2.18 bits per heavy atom. The average Bonchev–Trinajstić information content (AvgIpc) is 1.98. The van der Waals surface area contributed by atoms with Gasteiger partial charge in [0.2, 0.25) is 0 Å². The molecule has 0 aliphatic heterocycles. The number of hydrogen-bond donors (Lipinski definition) is 3. The molecule has 0 aromatic rings. The van der Waals surface area contributed by atoms with Crippen molar-refractivity contribution in [3.05, 3.63) is 0 Å². The molecular weight excluding hydrogens is 148 g/mol. The van der Waals surface area contributed by atoms with Gasteiger partial charge in [-0.05, 0) is 5.92 Å². The number of hydroxylamine groups is 1. The Morgan fingerprint density at radius 3 is 2.45 bits per heavy atom. The summed E-state index contributed by atoms with van der Waals surface area (Å²) >= 11 is 0. The zero-order valence-corrected chi connectivity index (χ0v) is 6.53. The van der Waals surface area contributed by atoms with Crippen LogP contribution in [0.3, 0.4) is 0 Å². The molecule has 0 heterocycles. The monoisotopic (exact) mass is 160 g/mol. The standard InChI is InChI=1S/C6H12N2O3/c1-4(2)3-5(7-10)6(9)8-11/h4,10-11H,3H2,1-2H3,(H,8,9)/b7-5+. The van der Waals surface area contributed by atoms with Gasteiger partial charge in [-0.15, -0.1) is 0 Å². The van der Waals surface area contributed by atoms with E-state index in [9.17, 15) is 4.79 Å². The number of oxime groups is 1. The second kappa shape index (κ2) is 4.68. The van der Waals surface area contributed by atoms with Crippen LogP contribution in [0.25, 0.3) is 0 Å². The Morgan fingerprint density at radius 1 is 1.64 bits per heavy atom. The molecule has 1 amide bonds. The van der Waals surface area contributed by atoms with Crippen molar-refractivity contribution in [1.29, 1.82) is 0 Å². The molecule has 0 aliphatic carbocycles. The maximum Gasteiger partial charge on any atom is 0.292 e. The molecule has 11 heavy (non-hydrogen) atoms. The zero-order chi connectivity index (χ0) is 8.85. The fourth-order valence-corrected chi connectivity index (χ4v) is 0.630. The molecular formula is C6H12N2O3. The lowest BCUT2D eigenvalue weighted by Crippen LogP contribution is -2.29. The van der Waals surface area contributed by atoms with Gasteiger partial charge in [-0.25, -0.2) is 5.48 Å². The minimum absolute atomic E-state index is 0.0671. The number of carbonyl (C=O) groups excluding carboxylic acids is 1. The van der Waals surface area contributed by atoms with Gasteiger partial charge in [0.25, 0.3) is 5.91 Å². The lowest BCUT2D eigenvalue weighted by molar-refractivity contribution is -0.122. The van der Waals surface area contributed by atoms with Crippen LogP contribution in [0.5, 0.6) is 0 Å². The Balaban J connectivity index is 4.09. The number of nitrogens with one attached hydrogen (secondary N) is 1. The van der Waals surface area contributed by atoms with Gasteiger partial charge >= 0.3 is 0 Å². The highest BCUT2D eigenvalue weighted by molar-refractivity contribution is 6.38. The van der Waals surface area contributed by atoms with Crippen LogP contribution in [0.4, 0.5) is 0 Å². The zero-order valence-electron chi connectivity index (χ0n) is 6.53. The van der Waals surface area contributed by atoms with Crippen molar-refractivity contribution >= 4 is 11.6 Å². The second-order valence-electron chi connectivity index (χ2n) is 2.59. The highest BCUT2D eigenvalue weighted by Crippen LogP contribution is 2.01. The first-order chi connectivity index (χ1) is 5.11. The molecule has 5 heteroatoms. The van der Waals surface area contributed by atoms with Crippen LogP contribution in [-0.2, 0) is 4.79 Å². The maximum atomic E-state index is 10.6. The van der Waals surface area contributed by atoms with E-state index in [0.717, 1.165) is 0 Å². The number of nitrogens with zero attached hydrogens (tertiary/aromatic N) is 1. The predicted octanol–water partition coefficient (Wildman–Crippen LogP) is 0.368. The first-order valence-corrected chi connectivity index (χ1v) is 3.27. The fraction of sp³-hybridized carbons (Fsp3) is 0.667. The van der Waals surface area contributed by atoms with E-state index in [0.29, 0.717) is 6.42 Å². The summed E-state index contributed by atoms with van der Waals surface area (Å²) in [6, 6.07) is 0. The maximum absolute atomic E-state index is 10.6. The molecule has 0 unspecified atom stereocenters. The normalized spacial score (nSPS) is 11.8. The molecule has 0 bridgehead atoms. The molecule has 0 aromatic carbocycles. The molecule has 64 valence electrons. The summed E-state index contributed by atoms with van der Waals surface area (Å²) in [6.07, 6.45) is 0.336. The van der Waals surface area contributed by atoms with Gasteiger partial charge in [-0.2, -0.15) is 0 Å². The van der Waals surface area contributed by atoms with Gasteiger partial charge in [-0.1, -0.05) is 19.0 Å². The molecule has 0 atom stereocenters. The van der Waals surface area contributed by atoms with E-state index in [1.807, 2.05) is 13.8 Å². The molecule has 3 N–H and O–H groups in total. The quantitative estimate of drug-likeness (QED) is 0.241. The SMILES string of the molecule is CC(C)C/C(=N\O)C(=O)NO. The first kappa shape index (κ1) is 9.90. The van der Waals surface area contributed by atoms with Crippen molar-refractivity contribution in [3.63, 3.8) is 0 Å². The summed E-state index contributed by atoms with van der Waals surface area (Å²) in [5.74, 6) is -0.556.